The molecule has 1 aromatic heterocycles. The zero-order valence-electron chi connectivity index (χ0n) is 11.0. The molecule has 18 heavy (non-hydrogen) atoms. The summed E-state index contributed by atoms with van der Waals surface area (Å²) in [6, 6.07) is 0. The van der Waals surface area contributed by atoms with Gasteiger partial charge in [0.15, 0.2) is 0 Å². The second kappa shape index (κ2) is 6.29. The lowest BCUT2D eigenvalue weighted by Crippen LogP contribution is -2.28. The summed E-state index contributed by atoms with van der Waals surface area (Å²) in [5.74, 6) is 0.513. The van der Waals surface area contributed by atoms with Crippen LogP contribution in [0.4, 0.5) is 0 Å². The van der Waals surface area contributed by atoms with E-state index in [1.54, 1.807) is 11.3 Å². The van der Waals surface area contributed by atoms with E-state index < -0.39 is 0 Å². The van der Waals surface area contributed by atoms with Crippen LogP contribution in [0.2, 0.25) is 0 Å². The average molecular weight is 268 g/mol. The number of nitrogens with one attached hydrogen (secondary N) is 1. The average Bonchev–Trinajstić information content (AvgIpc) is 2.66. The summed E-state index contributed by atoms with van der Waals surface area (Å²) in [5.41, 5.74) is 1.03. The van der Waals surface area contributed by atoms with E-state index in [0.717, 1.165) is 41.6 Å². The predicted octanol–water partition coefficient (Wildman–Crippen LogP) is 2.19. The molecule has 100 valence electrons. The van der Waals surface area contributed by atoms with Crippen molar-refractivity contribution in [3.8, 4) is 0 Å². The van der Waals surface area contributed by atoms with Crippen LogP contribution in [0.1, 0.15) is 34.8 Å². The summed E-state index contributed by atoms with van der Waals surface area (Å²) in [7, 11) is 0. The largest absolute Gasteiger partial charge is 0.381 e. The van der Waals surface area contributed by atoms with Crippen LogP contribution in [0.5, 0.6) is 0 Å². The van der Waals surface area contributed by atoms with Gasteiger partial charge in [0.2, 0.25) is 5.91 Å². The molecule has 1 N–H and O–H groups in total. The molecule has 0 aromatic carbocycles. The number of hydrogen-bond donors (Lipinski definition) is 1. The van der Waals surface area contributed by atoms with Gasteiger partial charge >= 0.3 is 0 Å². The minimum Gasteiger partial charge on any atom is -0.381 e. The fourth-order valence-corrected chi connectivity index (χ4v) is 3.10. The molecule has 0 spiro atoms. The van der Waals surface area contributed by atoms with Crippen molar-refractivity contribution >= 4 is 17.2 Å². The number of amides is 1. The van der Waals surface area contributed by atoms with Gasteiger partial charge in [-0.05, 0) is 32.6 Å². The molecule has 5 heteroatoms. The minimum absolute atomic E-state index is 0.121. The Morgan fingerprint density at radius 1 is 1.56 bits per heavy atom. The van der Waals surface area contributed by atoms with Gasteiger partial charge in [0.05, 0.1) is 17.2 Å². The van der Waals surface area contributed by atoms with Crippen LogP contribution < -0.4 is 5.32 Å². The molecule has 0 saturated carbocycles. The number of carbonyl (C=O) groups excluding carboxylic acids is 1. The first-order chi connectivity index (χ1) is 8.65. The highest BCUT2D eigenvalue weighted by Gasteiger charge is 2.17. The van der Waals surface area contributed by atoms with E-state index in [4.69, 9.17) is 4.74 Å². The van der Waals surface area contributed by atoms with Crippen molar-refractivity contribution in [3.63, 3.8) is 0 Å². The lowest BCUT2D eigenvalue weighted by molar-refractivity contribution is -0.123. The zero-order valence-corrected chi connectivity index (χ0v) is 11.8. The van der Waals surface area contributed by atoms with Gasteiger partial charge in [-0.1, -0.05) is 0 Å². The Kier molecular flexibility index (Phi) is 4.72. The van der Waals surface area contributed by atoms with Gasteiger partial charge in [-0.25, -0.2) is 4.98 Å². The maximum Gasteiger partial charge on any atom is 0.220 e. The van der Waals surface area contributed by atoms with Crippen molar-refractivity contribution < 1.29 is 9.53 Å². The summed E-state index contributed by atoms with van der Waals surface area (Å²) < 4.78 is 5.38. The second-order valence-corrected chi connectivity index (χ2v) is 6.09. The number of rotatable bonds is 4. The summed E-state index contributed by atoms with van der Waals surface area (Å²) in [6.45, 7) is 6.15. The van der Waals surface area contributed by atoms with Crippen molar-refractivity contribution in [1.29, 1.82) is 0 Å². The normalized spacial score (nSPS) is 19.8. The van der Waals surface area contributed by atoms with E-state index in [0.29, 0.717) is 18.9 Å². The maximum absolute atomic E-state index is 11.8. The third-order valence-corrected chi connectivity index (χ3v) is 4.25. The predicted molar refractivity (Wildman–Crippen MR) is 71.6 cm³/mol. The number of aromatic nitrogens is 1. The molecule has 1 unspecified atom stereocenters. The minimum atomic E-state index is 0.121. The SMILES string of the molecule is Cc1nc(C)c(CNC(=O)CC2CCCOC2)s1. The summed E-state index contributed by atoms with van der Waals surface area (Å²) in [5, 5.41) is 4.03. The van der Waals surface area contributed by atoms with Gasteiger partial charge in [-0.15, -0.1) is 11.3 Å². The molecule has 2 heterocycles. The quantitative estimate of drug-likeness (QED) is 0.910. The van der Waals surface area contributed by atoms with Crippen LogP contribution in [0.15, 0.2) is 0 Å². The summed E-state index contributed by atoms with van der Waals surface area (Å²) >= 11 is 1.65. The van der Waals surface area contributed by atoms with Crippen molar-refractivity contribution in [2.24, 2.45) is 5.92 Å². The Morgan fingerprint density at radius 3 is 3.00 bits per heavy atom. The number of thiazole rings is 1. The Morgan fingerprint density at radius 2 is 2.39 bits per heavy atom. The topological polar surface area (TPSA) is 51.2 Å². The Bertz CT molecular complexity index is 411. The second-order valence-electron chi connectivity index (χ2n) is 4.81. The molecule has 2 rings (SSSR count). The zero-order chi connectivity index (χ0) is 13.0. The molecule has 0 radical (unpaired) electrons. The Balaban J connectivity index is 1.75. The standard InChI is InChI=1S/C13H20N2O2S/c1-9-12(18-10(2)15-9)7-14-13(16)6-11-4-3-5-17-8-11/h11H,3-8H2,1-2H3,(H,14,16). The van der Waals surface area contributed by atoms with Gasteiger partial charge in [0.25, 0.3) is 0 Å². The van der Waals surface area contributed by atoms with Gasteiger partial charge in [0, 0.05) is 24.5 Å². The lowest BCUT2D eigenvalue weighted by atomic mass is 9.98. The highest BCUT2D eigenvalue weighted by Crippen LogP contribution is 2.18. The van der Waals surface area contributed by atoms with Crippen molar-refractivity contribution in [2.45, 2.75) is 39.7 Å². The van der Waals surface area contributed by atoms with E-state index in [1.807, 2.05) is 13.8 Å². The first kappa shape index (κ1) is 13.5. The molecule has 1 fully saturated rings. The number of nitrogens with zero attached hydrogens (tertiary/aromatic N) is 1. The third-order valence-electron chi connectivity index (χ3n) is 3.17. The van der Waals surface area contributed by atoms with E-state index in [9.17, 15) is 4.79 Å². The fourth-order valence-electron chi connectivity index (χ4n) is 2.22. The molecule has 4 nitrogen and oxygen atoms in total. The smallest absolute Gasteiger partial charge is 0.220 e. The highest BCUT2D eigenvalue weighted by atomic mass is 32.1. The lowest BCUT2D eigenvalue weighted by Gasteiger charge is -2.21. The molecule has 0 aliphatic carbocycles. The van der Waals surface area contributed by atoms with Gasteiger partial charge in [-0.3, -0.25) is 4.79 Å². The van der Waals surface area contributed by atoms with Crippen LogP contribution in [-0.4, -0.2) is 24.1 Å². The first-order valence-electron chi connectivity index (χ1n) is 6.42. The maximum atomic E-state index is 11.8. The molecule has 1 aliphatic rings. The molecule has 1 saturated heterocycles. The van der Waals surface area contributed by atoms with Crippen LogP contribution in [-0.2, 0) is 16.1 Å². The van der Waals surface area contributed by atoms with Crippen LogP contribution >= 0.6 is 11.3 Å². The fraction of sp³-hybridized carbons (Fsp3) is 0.692. The van der Waals surface area contributed by atoms with Crippen molar-refractivity contribution in [2.75, 3.05) is 13.2 Å². The Hall–Kier alpha value is -0.940. The van der Waals surface area contributed by atoms with E-state index >= 15 is 0 Å². The number of aryl methyl sites for hydroxylation is 2. The first-order valence-corrected chi connectivity index (χ1v) is 7.24. The number of ether oxygens (including phenoxy) is 1. The van der Waals surface area contributed by atoms with Gasteiger partial charge in [-0.2, -0.15) is 0 Å². The van der Waals surface area contributed by atoms with Crippen molar-refractivity contribution in [1.82, 2.24) is 10.3 Å². The highest BCUT2D eigenvalue weighted by molar-refractivity contribution is 7.11. The molecular weight excluding hydrogens is 248 g/mol. The van der Waals surface area contributed by atoms with Gasteiger partial charge in [0.1, 0.15) is 0 Å². The molecule has 1 aromatic rings. The number of hydrogen-bond acceptors (Lipinski definition) is 4. The van der Waals surface area contributed by atoms with Gasteiger partial charge < -0.3 is 10.1 Å². The van der Waals surface area contributed by atoms with E-state index in [2.05, 4.69) is 10.3 Å². The number of carbonyl (C=O) groups is 1. The molecule has 0 bridgehead atoms. The van der Waals surface area contributed by atoms with Crippen LogP contribution in [0.25, 0.3) is 0 Å². The Labute approximate surface area is 112 Å². The molecule has 1 atom stereocenters. The summed E-state index contributed by atoms with van der Waals surface area (Å²) in [6.07, 6.45) is 2.76. The molecule has 1 amide bonds. The summed E-state index contributed by atoms with van der Waals surface area (Å²) in [4.78, 5) is 17.3. The van der Waals surface area contributed by atoms with Crippen LogP contribution in [0.3, 0.4) is 0 Å². The van der Waals surface area contributed by atoms with Crippen molar-refractivity contribution in [3.05, 3.63) is 15.6 Å². The van der Waals surface area contributed by atoms with E-state index in [1.165, 1.54) is 0 Å². The molecular formula is C13H20N2O2S. The van der Waals surface area contributed by atoms with Crippen LogP contribution in [0, 0.1) is 19.8 Å². The monoisotopic (exact) mass is 268 g/mol. The van der Waals surface area contributed by atoms with E-state index in [-0.39, 0.29) is 5.91 Å². The molecule has 1 aliphatic heterocycles. The third kappa shape index (κ3) is 3.78.